The smallest absolute Gasteiger partial charge is 0.227 e. The number of benzene rings is 1. The van der Waals surface area contributed by atoms with E-state index in [-0.39, 0.29) is 11.7 Å². The van der Waals surface area contributed by atoms with E-state index in [0.717, 1.165) is 31.3 Å². The van der Waals surface area contributed by atoms with Crippen LogP contribution in [0.1, 0.15) is 18.4 Å². The molecule has 0 saturated carbocycles. The van der Waals surface area contributed by atoms with Crippen LogP contribution in [-0.4, -0.2) is 34.3 Å². The largest absolute Gasteiger partial charge is 0.508 e. The van der Waals surface area contributed by atoms with Gasteiger partial charge in [-0.3, -0.25) is 4.79 Å². The zero-order valence-electron chi connectivity index (χ0n) is 10.3. The minimum atomic E-state index is 0.115. The Morgan fingerprint density at radius 3 is 2.61 bits per heavy atom. The van der Waals surface area contributed by atoms with Crippen LogP contribution in [0, 0.1) is 5.92 Å². The number of para-hydroxylation sites is 1. The second-order valence-corrected chi connectivity index (χ2v) is 5.43. The number of aromatic hydroxyl groups is 1. The number of hydrogen-bond acceptors (Lipinski definition) is 2. The van der Waals surface area contributed by atoms with Crippen molar-refractivity contribution >= 4 is 21.8 Å². The number of amides is 1. The standard InChI is InChI=1S/C14H18BrNO2/c15-10-11-5-7-16(8-6-11)14(18)9-12-3-1-2-4-13(12)17/h1-4,11,17H,5-10H2. The highest BCUT2D eigenvalue weighted by Gasteiger charge is 2.22. The molecule has 3 nitrogen and oxygen atoms in total. The van der Waals surface area contributed by atoms with Crippen molar-refractivity contribution in [2.75, 3.05) is 18.4 Å². The third-order valence-corrected chi connectivity index (χ3v) is 4.43. The SMILES string of the molecule is O=C(Cc1ccccc1O)N1CCC(CBr)CC1. The van der Waals surface area contributed by atoms with Crippen molar-refractivity contribution in [1.82, 2.24) is 4.90 Å². The topological polar surface area (TPSA) is 40.5 Å². The Labute approximate surface area is 116 Å². The van der Waals surface area contributed by atoms with E-state index < -0.39 is 0 Å². The molecule has 1 aromatic carbocycles. The van der Waals surface area contributed by atoms with E-state index in [1.165, 1.54) is 0 Å². The van der Waals surface area contributed by atoms with Gasteiger partial charge in [-0.05, 0) is 24.8 Å². The van der Waals surface area contributed by atoms with Crippen molar-refractivity contribution in [3.05, 3.63) is 29.8 Å². The molecule has 4 heteroatoms. The zero-order chi connectivity index (χ0) is 13.0. The molecule has 0 unspecified atom stereocenters. The molecule has 0 aromatic heterocycles. The van der Waals surface area contributed by atoms with Crippen LogP contribution in [0.3, 0.4) is 0 Å². The number of phenols is 1. The van der Waals surface area contributed by atoms with E-state index >= 15 is 0 Å². The van der Waals surface area contributed by atoms with Crippen LogP contribution in [0.5, 0.6) is 5.75 Å². The van der Waals surface area contributed by atoms with Gasteiger partial charge in [0.15, 0.2) is 0 Å². The molecule has 1 aromatic rings. The van der Waals surface area contributed by atoms with Gasteiger partial charge in [-0.2, -0.15) is 0 Å². The minimum absolute atomic E-state index is 0.115. The van der Waals surface area contributed by atoms with Crippen molar-refractivity contribution in [2.45, 2.75) is 19.3 Å². The molecule has 1 N–H and O–H groups in total. The molecule has 1 heterocycles. The number of phenolic OH excluding ortho intramolecular Hbond substituents is 1. The highest BCUT2D eigenvalue weighted by molar-refractivity contribution is 9.09. The summed E-state index contributed by atoms with van der Waals surface area (Å²) in [5, 5.41) is 10.7. The molecule has 1 saturated heterocycles. The van der Waals surface area contributed by atoms with Gasteiger partial charge < -0.3 is 10.0 Å². The number of carbonyl (C=O) groups is 1. The summed E-state index contributed by atoms with van der Waals surface area (Å²) >= 11 is 3.49. The van der Waals surface area contributed by atoms with Gasteiger partial charge in [-0.15, -0.1) is 0 Å². The van der Waals surface area contributed by atoms with Crippen molar-refractivity contribution in [1.29, 1.82) is 0 Å². The number of nitrogens with zero attached hydrogens (tertiary/aromatic N) is 1. The summed E-state index contributed by atoms with van der Waals surface area (Å²) in [7, 11) is 0. The highest BCUT2D eigenvalue weighted by atomic mass is 79.9. The maximum absolute atomic E-state index is 12.1. The van der Waals surface area contributed by atoms with Crippen molar-refractivity contribution in [3.63, 3.8) is 0 Å². The van der Waals surface area contributed by atoms with Crippen LogP contribution in [0.4, 0.5) is 0 Å². The Kier molecular flexibility index (Phi) is 4.64. The maximum Gasteiger partial charge on any atom is 0.227 e. The lowest BCUT2D eigenvalue weighted by atomic mass is 9.98. The number of rotatable bonds is 3. The van der Waals surface area contributed by atoms with E-state index in [2.05, 4.69) is 15.9 Å². The molecule has 0 radical (unpaired) electrons. The monoisotopic (exact) mass is 311 g/mol. The predicted octanol–water partition coefficient (Wildman–Crippen LogP) is 2.57. The van der Waals surface area contributed by atoms with Crippen LogP contribution < -0.4 is 0 Å². The molecule has 2 rings (SSSR count). The number of likely N-dealkylation sites (tertiary alicyclic amines) is 1. The van der Waals surface area contributed by atoms with Crippen LogP contribution >= 0.6 is 15.9 Å². The summed E-state index contributed by atoms with van der Waals surface area (Å²) in [5.41, 5.74) is 0.713. The second kappa shape index (κ2) is 6.23. The number of piperidine rings is 1. The summed E-state index contributed by atoms with van der Waals surface area (Å²) in [6.45, 7) is 1.67. The summed E-state index contributed by atoms with van der Waals surface area (Å²) in [6, 6.07) is 7.04. The maximum atomic E-state index is 12.1. The van der Waals surface area contributed by atoms with Gasteiger partial charge in [-0.1, -0.05) is 34.1 Å². The first-order valence-electron chi connectivity index (χ1n) is 6.31. The molecule has 0 bridgehead atoms. The fraction of sp³-hybridized carbons (Fsp3) is 0.500. The van der Waals surface area contributed by atoms with E-state index in [1.807, 2.05) is 11.0 Å². The zero-order valence-corrected chi connectivity index (χ0v) is 11.9. The molecule has 1 amide bonds. The Balaban J connectivity index is 1.91. The van der Waals surface area contributed by atoms with Crippen LogP contribution in [0.15, 0.2) is 24.3 Å². The van der Waals surface area contributed by atoms with Crippen molar-refractivity contribution in [2.24, 2.45) is 5.92 Å². The van der Waals surface area contributed by atoms with Crippen LogP contribution in [0.25, 0.3) is 0 Å². The van der Waals surface area contributed by atoms with Gasteiger partial charge in [0.2, 0.25) is 5.91 Å². The average molecular weight is 312 g/mol. The third kappa shape index (κ3) is 3.25. The van der Waals surface area contributed by atoms with Gasteiger partial charge in [0.25, 0.3) is 0 Å². The summed E-state index contributed by atoms with van der Waals surface area (Å²) in [6.07, 6.45) is 2.43. The molecule has 0 spiro atoms. The Hall–Kier alpha value is -1.03. The summed E-state index contributed by atoms with van der Waals surface area (Å²) < 4.78 is 0. The highest BCUT2D eigenvalue weighted by Crippen LogP contribution is 2.21. The molecule has 1 fully saturated rings. The van der Waals surface area contributed by atoms with Crippen LogP contribution in [0.2, 0.25) is 0 Å². The third-order valence-electron chi connectivity index (χ3n) is 3.52. The summed E-state index contributed by atoms with van der Waals surface area (Å²) in [5.74, 6) is 1.02. The molecular weight excluding hydrogens is 294 g/mol. The number of alkyl halides is 1. The van der Waals surface area contributed by atoms with E-state index in [4.69, 9.17) is 0 Å². The number of carbonyl (C=O) groups excluding carboxylic acids is 1. The molecule has 18 heavy (non-hydrogen) atoms. The molecular formula is C14H18BrNO2. The second-order valence-electron chi connectivity index (χ2n) is 4.78. The molecule has 98 valence electrons. The quantitative estimate of drug-likeness (QED) is 0.872. The predicted molar refractivity (Wildman–Crippen MR) is 74.9 cm³/mol. The van der Waals surface area contributed by atoms with Gasteiger partial charge in [-0.25, -0.2) is 0 Å². The molecule has 1 aliphatic rings. The fourth-order valence-corrected chi connectivity index (χ4v) is 2.92. The Morgan fingerprint density at radius 1 is 1.33 bits per heavy atom. The number of halogens is 1. The van der Waals surface area contributed by atoms with E-state index in [1.54, 1.807) is 18.2 Å². The first kappa shape index (κ1) is 13.4. The first-order valence-corrected chi connectivity index (χ1v) is 7.43. The lowest BCUT2D eigenvalue weighted by Crippen LogP contribution is -2.39. The van der Waals surface area contributed by atoms with Crippen LogP contribution in [-0.2, 0) is 11.2 Å². The molecule has 0 aliphatic carbocycles. The Bertz CT molecular complexity index is 414. The number of hydrogen-bond donors (Lipinski definition) is 1. The lowest BCUT2D eigenvalue weighted by molar-refractivity contribution is -0.131. The van der Waals surface area contributed by atoms with Crippen molar-refractivity contribution in [3.8, 4) is 5.75 Å². The first-order chi connectivity index (χ1) is 8.70. The normalized spacial score (nSPS) is 16.8. The van der Waals surface area contributed by atoms with Gasteiger partial charge >= 0.3 is 0 Å². The minimum Gasteiger partial charge on any atom is -0.508 e. The lowest BCUT2D eigenvalue weighted by Gasteiger charge is -2.31. The Morgan fingerprint density at radius 2 is 2.00 bits per heavy atom. The van der Waals surface area contributed by atoms with Gasteiger partial charge in [0.1, 0.15) is 5.75 Å². The van der Waals surface area contributed by atoms with E-state index in [9.17, 15) is 9.90 Å². The van der Waals surface area contributed by atoms with E-state index in [0.29, 0.717) is 17.9 Å². The fourth-order valence-electron chi connectivity index (χ4n) is 2.27. The summed E-state index contributed by atoms with van der Waals surface area (Å²) in [4.78, 5) is 14.0. The molecule has 1 aliphatic heterocycles. The molecule has 0 atom stereocenters. The van der Waals surface area contributed by atoms with Crippen molar-refractivity contribution < 1.29 is 9.90 Å². The average Bonchev–Trinajstić information content (AvgIpc) is 2.41. The van der Waals surface area contributed by atoms with Gasteiger partial charge in [0, 0.05) is 24.0 Å². The van der Waals surface area contributed by atoms with Gasteiger partial charge in [0.05, 0.1) is 6.42 Å².